The Morgan fingerprint density at radius 2 is 2.12 bits per heavy atom. The number of amides is 1. The summed E-state index contributed by atoms with van der Waals surface area (Å²) in [5.74, 6) is 0.451. The molecular weight excluding hydrogens is 320 g/mol. The standard InChI is InChI=1S/C18H26N4OS/c1-11-10-24-17(19-11)15-7-6-8-22(9-15)18(23)12(2)16-13(3)20-21(5)14(16)4/h10,12,15H,6-9H2,1-5H3/t12-,15-/m0/s1. The van der Waals surface area contributed by atoms with Gasteiger partial charge in [-0.1, -0.05) is 0 Å². The van der Waals surface area contributed by atoms with Crippen LogP contribution in [0.3, 0.4) is 0 Å². The molecule has 5 nitrogen and oxygen atoms in total. The first kappa shape index (κ1) is 17.1. The van der Waals surface area contributed by atoms with Crippen LogP contribution < -0.4 is 0 Å². The van der Waals surface area contributed by atoms with Crippen LogP contribution in [-0.2, 0) is 11.8 Å². The van der Waals surface area contributed by atoms with Gasteiger partial charge >= 0.3 is 0 Å². The van der Waals surface area contributed by atoms with Crippen LogP contribution in [0.2, 0.25) is 0 Å². The maximum Gasteiger partial charge on any atom is 0.229 e. The van der Waals surface area contributed by atoms with Gasteiger partial charge in [0.2, 0.25) is 5.91 Å². The molecule has 0 N–H and O–H groups in total. The number of likely N-dealkylation sites (tertiary alicyclic amines) is 1. The second-order valence-electron chi connectivity index (χ2n) is 6.88. The van der Waals surface area contributed by atoms with Crippen LogP contribution in [-0.4, -0.2) is 38.7 Å². The molecule has 6 heteroatoms. The van der Waals surface area contributed by atoms with Crippen LogP contribution in [0.4, 0.5) is 0 Å². The normalized spacial score (nSPS) is 19.5. The number of thiazole rings is 1. The minimum atomic E-state index is -0.143. The highest BCUT2D eigenvalue weighted by molar-refractivity contribution is 7.09. The van der Waals surface area contributed by atoms with E-state index in [0.717, 1.165) is 48.6 Å². The van der Waals surface area contributed by atoms with Crippen molar-refractivity contribution in [1.82, 2.24) is 19.7 Å². The summed E-state index contributed by atoms with van der Waals surface area (Å²) in [6.07, 6.45) is 2.17. The lowest BCUT2D eigenvalue weighted by Gasteiger charge is -2.33. The molecule has 1 fully saturated rings. The number of nitrogens with zero attached hydrogens (tertiary/aromatic N) is 4. The van der Waals surface area contributed by atoms with Gasteiger partial charge in [0, 0.05) is 48.4 Å². The summed E-state index contributed by atoms with van der Waals surface area (Å²) in [4.78, 5) is 19.7. The highest BCUT2D eigenvalue weighted by Crippen LogP contribution is 2.32. The van der Waals surface area contributed by atoms with E-state index >= 15 is 0 Å². The Labute approximate surface area is 147 Å². The molecule has 2 aromatic rings. The van der Waals surface area contributed by atoms with Crippen LogP contribution in [0.25, 0.3) is 0 Å². The van der Waals surface area contributed by atoms with E-state index in [4.69, 9.17) is 0 Å². The number of aryl methyl sites for hydroxylation is 3. The number of hydrogen-bond acceptors (Lipinski definition) is 4. The second-order valence-corrected chi connectivity index (χ2v) is 7.77. The lowest BCUT2D eigenvalue weighted by Crippen LogP contribution is -2.41. The Bertz CT molecular complexity index is 748. The van der Waals surface area contributed by atoms with Gasteiger partial charge in [0.1, 0.15) is 0 Å². The quantitative estimate of drug-likeness (QED) is 0.857. The molecule has 0 aromatic carbocycles. The maximum absolute atomic E-state index is 13.1. The van der Waals surface area contributed by atoms with Crippen molar-refractivity contribution >= 4 is 17.2 Å². The lowest BCUT2D eigenvalue weighted by molar-refractivity contribution is -0.133. The Morgan fingerprint density at radius 1 is 1.38 bits per heavy atom. The molecule has 0 saturated carbocycles. The second kappa shape index (κ2) is 6.67. The number of aromatic nitrogens is 3. The monoisotopic (exact) mass is 346 g/mol. The van der Waals surface area contributed by atoms with E-state index in [9.17, 15) is 4.79 Å². The smallest absolute Gasteiger partial charge is 0.229 e. The van der Waals surface area contributed by atoms with Gasteiger partial charge in [0.25, 0.3) is 0 Å². The Kier molecular flexibility index (Phi) is 4.76. The van der Waals surface area contributed by atoms with Crippen molar-refractivity contribution in [2.24, 2.45) is 7.05 Å². The molecule has 0 spiro atoms. The van der Waals surface area contributed by atoms with Crippen LogP contribution in [0.15, 0.2) is 5.38 Å². The first-order valence-corrected chi connectivity index (χ1v) is 9.47. The number of piperidine rings is 1. The van der Waals surface area contributed by atoms with Crippen LogP contribution in [0, 0.1) is 20.8 Å². The summed E-state index contributed by atoms with van der Waals surface area (Å²) in [6.45, 7) is 9.70. The number of rotatable bonds is 3. The minimum Gasteiger partial charge on any atom is -0.341 e. The third-order valence-electron chi connectivity index (χ3n) is 5.09. The van der Waals surface area contributed by atoms with Gasteiger partial charge in [0.05, 0.1) is 16.6 Å². The molecule has 2 aromatic heterocycles. The largest absolute Gasteiger partial charge is 0.341 e. The average Bonchev–Trinajstić information content (AvgIpc) is 3.10. The van der Waals surface area contributed by atoms with E-state index in [1.807, 2.05) is 44.3 Å². The van der Waals surface area contributed by atoms with Crippen molar-refractivity contribution < 1.29 is 4.79 Å². The summed E-state index contributed by atoms with van der Waals surface area (Å²) in [5.41, 5.74) is 4.19. The molecule has 1 aliphatic heterocycles. The fraction of sp³-hybridized carbons (Fsp3) is 0.611. The summed E-state index contributed by atoms with van der Waals surface area (Å²) in [6, 6.07) is 0. The predicted octanol–water partition coefficient (Wildman–Crippen LogP) is 3.31. The molecule has 0 unspecified atom stereocenters. The first-order valence-electron chi connectivity index (χ1n) is 8.59. The summed E-state index contributed by atoms with van der Waals surface area (Å²) < 4.78 is 1.87. The van der Waals surface area contributed by atoms with E-state index in [1.165, 1.54) is 5.01 Å². The van der Waals surface area contributed by atoms with E-state index in [2.05, 4.69) is 15.5 Å². The maximum atomic E-state index is 13.1. The zero-order valence-corrected chi connectivity index (χ0v) is 16.0. The van der Waals surface area contributed by atoms with E-state index in [-0.39, 0.29) is 11.8 Å². The Hall–Kier alpha value is -1.69. The van der Waals surface area contributed by atoms with Gasteiger partial charge in [-0.15, -0.1) is 11.3 Å². The minimum absolute atomic E-state index is 0.143. The van der Waals surface area contributed by atoms with Crippen molar-refractivity contribution in [3.8, 4) is 0 Å². The van der Waals surface area contributed by atoms with E-state index < -0.39 is 0 Å². The van der Waals surface area contributed by atoms with Gasteiger partial charge in [-0.25, -0.2) is 4.98 Å². The molecule has 24 heavy (non-hydrogen) atoms. The third kappa shape index (κ3) is 3.11. The van der Waals surface area contributed by atoms with Crippen LogP contribution in [0.1, 0.15) is 59.3 Å². The predicted molar refractivity (Wildman–Crippen MR) is 96.5 cm³/mol. The van der Waals surface area contributed by atoms with Gasteiger partial charge in [-0.2, -0.15) is 5.10 Å². The molecule has 1 saturated heterocycles. The molecule has 0 aliphatic carbocycles. The SMILES string of the molecule is Cc1csc([C@H]2CCCN(C(=O)[C@@H](C)c3c(C)nn(C)c3C)C2)n1. The molecular formula is C18H26N4OS. The fourth-order valence-electron chi connectivity index (χ4n) is 3.75. The number of carbonyl (C=O) groups is 1. The molecule has 3 heterocycles. The molecule has 3 rings (SSSR count). The topological polar surface area (TPSA) is 51.0 Å². The van der Waals surface area contributed by atoms with Gasteiger partial charge < -0.3 is 4.90 Å². The molecule has 1 aliphatic rings. The number of hydrogen-bond donors (Lipinski definition) is 0. The van der Waals surface area contributed by atoms with Crippen molar-refractivity contribution in [3.63, 3.8) is 0 Å². The van der Waals surface area contributed by atoms with Gasteiger partial charge in [-0.3, -0.25) is 9.48 Å². The first-order chi connectivity index (χ1) is 11.4. The van der Waals surface area contributed by atoms with E-state index in [1.54, 1.807) is 11.3 Å². The molecule has 2 atom stereocenters. The molecule has 0 radical (unpaired) electrons. The van der Waals surface area contributed by atoms with Crippen LogP contribution >= 0.6 is 11.3 Å². The van der Waals surface area contributed by atoms with Crippen molar-refractivity contribution in [1.29, 1.82) is 0 Å². The average molecular weight is 347 g/mol. The highest BCUT2D eigenvalue weighted by atomic mass is 32.1. The number of carbonyl (C=O) groups excluding carboxylic acids is 1. The molecule has 130 valence electrons. The Balaban J connectivity index is 1.76. The van der Waals surface area contributed by atoms with Crippen molar-refractivity contribution in [2.75, 3.05) is 13.1 Å². The van der Waals surface area contributed by atoms with Gasteiger partial charge in [0.15, 0.2) is 0 Å². The third-order valence-corrected chi connectivity index (χ3v) is 6.21. The highest BCUT2D eigenvalue weighted by Gasteiger charge is 2.31. The fourth-order valence-corrected chi connectivity index (χ4v) is 4.68. The molecule has 0 bridgehead atoms. The van der Waals surface area contributed by atoms with Gasteiger partial charge in [-0.05, 0) is 40.5 Å². The zero-order valence-electron chi connectivity index (χ0n) is 15.2. The van der Waals surface area contributed by atoms with Crippen molar-refractivity contribution in [3.05, 3.63) is 33.0 Å². The summed E-state index contributed by atoms with van der Waals surface area (Å²) >= 11 is 1.72. The van der Waals surface area contributed by atoms with E-state index in [0.29, 0.717) is 5.92 Å². The summed E-state index contributed by atoms with van der Waals surface area (Å²) in [5, 5.41) is 7.73. The van der Waals surface area contributed by atoms with Crippen LogP contribution in [0.5, 0.6) is 0 Å². The summed E-state index contributed by atoms with van der Waals surface area (Å²) in [7, 11) is 1.94. The zero-order chi connectivity index (χ0) is 17.4. The van der Waals surface area contributed by atoms with Crippen molar-refractivity contribution in [2.45, 2.75) is 52.4 Å². The lowest BCUT2D eigenvalue weighted by atomic mass is 9.94. The molecule has 1 amide bonds. The Morgan fingerprint density at radius 3 is 2.71 bits per heavy atom.